The third-order valence-electron chi connectivity index (χ3n) is 8.28. The molecular weight excluding hydrogens is 470 g/mol. The van der Waals surface area contributed by atoms with Gasteiger partial charge in [-0.15, -0.1) is 0 Å². The minimum atomic E-state index is -0.817. The molecule has 2 fully saturated rings. The monoisotopic (exact) mass is 503 g/mol. The van der Waals surface area contributed by atoms with Gasteiger partial charge in [0.1, 0.15) is 12.2 Å². The summed E-state index contributed by atoms with van der Waals surface area (Å²) < 4.78 is 14.0. The van der Waals surface area contributed by atoms with Crippen molar-refractivity contribution in [3.05, 3.63) is 144 Å². The summed E-state index contributed by atoms with van der Waals surface area (Å²) in [7, 11) is 0. The van der Waals surface area contributed by atoms with E-state index in [4.69, 9.17) is 9.47 Å². The number of rotatable bonds is 5. The SMILES string of the molecule is CC1(C)O[C@@H]2[C@@H](O1)C(c1ccccc1)(c1ccccc1)CN(C=O)CC2(c1ccccc1)c1ccccc1. The molecule has 192 valence electrons. The number of fused-ring (bicyclic) bond motifs is 1. The van der Waals surface area contributed by atoms with E-state index in [0.29, 0.717) is 13.1 Å². The van der Waals surface area contributed by atoms with Gasteiger partial charge >= 0.3 is 0 Å². The second kappa shape index (κ2) is 9.54. The van der Waals surface area contributed by atoms with Crippen LogP contribution in [0.4, 0.5) is 0 Å². The summed E-state index contributed by atoms with van der Waals surface area (Å²) in [5, 5.41) is 0. The molecular formula is C34H33NO3. The lowest BCUT2D eigenvalue weighted by atomic mass is 9.62. The van der Waals surface area contributed by atoms with Crippen molar-refractivity contribution in [1.82, 2.24) is 4.90 Å². The normalized spacial score (nSPS) is 23.3. The van der Waals surface area contributed by atoms with E-state index in [1.807, 2.05) is 43.0 Å². The van der Waals surface area contributed by atoms with Crippen LogP contribution >= 0.6 is 0 Å². The van der Waals surface area contributed by atoms with Crippen molar-refractivity contribution in [1.29, 1.82) is 0 Å². The molecule has 1 amide bonds. The van der Waals surface area contributed by atoms with E-state index in [1.165, 1.54) is 0 Å². The largest absolute Gasteiger partial charge is 0.343 e. The molecule has 4 aromatic rings. The smallest absolute Gasteiger partial charge is 0.209 e. The molecule has 6 rings (SSSR count). The Morgan fingerprint density at radius 2 is 0.868 bits per heavy atom. The van der Waals surface area contributed by atoms with Gasteiger partial charge in [-0.3, -0.25) is 4.79 Å². The van der Waals surface area contributed by atoms with Crippen LogP contribution in [0.15, 0.2) is 121 Å². The first kappa shape index (κ1) is 24.6. The number of carbonyl (C=O) groups is 1. The number of hydrogen-bond donors (Lipinski definition) is 0. The fraction of sp³-hybridized carbons (Fsp3) is 0.265. The zero-order valence-corrected chi connectivity index (χ0v) is 21.9. The first-order chi connectivity index (χ1) is 18.5. The highest BCUT2D eigenvalue weighted by atomic mass is 16.8. The average Bonchev–Trinajstić information content (AvgIpc) is 3.25. The van der Waals surface area contributed by atoms with E-state index < -0.39 is 16.6 Å². The maximum Gasteiger partial charge on any atom is 0.209 e. The summed E-state index contributed by atoms with van der Waals surface area (Å²) in [5.41, 5.74) is 3.09. The molecule has 0 aliphatic carbocycles. The fourth-order valence-electron chi connectivity index (χ4n) is 6.73. The third-order valence-corrected chi connectivity index (χ3v) is 8.28. The van der Waals surface area contributed by atoms with Gasteiger partial charge in [0.2, 0.25) is 6.41 Å². The van der Waals surface area contributed by atoms with Crippen molar-refractivity contribution in [2.24, 2.45) is 0 Å². The Balaban J connectivity index is 1.70. The third kappa shape index (κ3) is 3.87. The lowest BCUT2D eigenvalue weighted by Crippen LogP contribution is -2.54. The standard InChI is InChI=1S/C34H33NO3/c1-32(2)37-30-31(38-32)34(28-19-11-5-12-20-28,29-21-13-6-14-22-29)24-35(25-36)23-33(30,26-15-7-3-8-16-26)27-17-9-4-10-18-27/h3-22,25,30-31H,23-24H2,1-2H3/t30-,31-/m1/s1. The molecule has 0 aromatic heterocycles. The van der Waals surface area contributed by atoms with E-state index >= 15 is 0 Å². The predicted octanol–water partition coefficient (Wildman–Crippen LogP) is 5.95. The fourth-order valence-corrected chi connectivity index (χ4v) is 6.73. The lowest BCUT2D eigenvalue weighted by molar-refractivity contribution is -0.158. The molecule has 4 aromatic carbocycles. The Morgan fingerprint density at radius 1 is 0.579 bits per heavy atom. The molecule has 2 heterocycles. The van der Waals surface area contributed by atoms with Crippen LogP contribution in [0.5, 0.6) is 0 Å². The molecule has 0 spiro atoms. The Bertz CT molecular complexity index is 1190. The maximum atomic E-state index is 12.9. The van der Waals surface area contributed by atoms with Gasteiger partial charge in [0.15, 0.2) is 5.79 Å². The minimum Gasteiger partial charge on any atom is -0.343 e. The Kier molecular flexibility index (Phi) is 6.17. The molecule has 2 saturated heterocycles. The van der Waals surface area contributed by atoms with Crippen molar-refractivity contribution in [3.8, 4) is 0 Å². The molecule has 2 atom stereocenters. The number of benzene rings is 4. The number of carbonyl (C=O) groups excluding carboxylic acids is 1. The first-order valence-corrected chi connectivity index (χ1v) is 13.3. The Labute approximate surface area is 224 Å². The van der Waals surface area contributed by atoms with E-state index in [1.54, 1.807) is 0 Å². The van der Waals surface area contributed by atoms with Crippen molar-refractivity contribution >= 4 is 6.41 Å². The van der Waals surface area contributed by atoms with Crippen molar-refractivity contribution < 1.29 is 14.3 Å². The topological polar surface area (TPSA) is 38.8 Å². The average molecular weight is 504 g/mol. The summed E-state index contributed by atoms with van der Waals surface area (Å²) in [6.45, 7) is 4.93. The maximum absolute atomic E-state index is 12.9. The number of nitrogens with zero attached hydrogens (tertiary/aromatic N) is 1. The van der Waals surface area contributed by atoms with Crippen LogP contribution < -0.4 is 0 Å². The highest BCUT2D eigenvalue weighted by molar-refractivity contribution is 5.55. The highest BCUT2D eigenvalue weighted by Gasteiger charge is 2.64. The number of likely N-dealkylation sites (tertiary alicyclic amines) is 1. The van der Waals surface area contributed by atoms with Crippen molar-refractivity contribution in [2.45, 2.75) is 42.7 Å². The quantitative estimate of drug-likeness (QED) is 0.316. The van der Waals surface area contributed by atoms with Crippen LogP contribution in [-0.2, 0) is 25.1 Å². The van der Waals surface area contributed by atoms with Crippen molar-refractivity contribution in [3.63, 3.8) is 0 Å². The number of amides is 1. The summed E-state index contributed by atoms with van der Waals surface area (Å²) >= 11 is 0. The lowest BCUT2D eigenvalue weighted by Gasteiger charge is -2.43. The second-order valence-corrected chi connectivity index (χ2v) is 10.9. The second-order valence-electron chi connectivity index (χ2n) is 10.9. The highest BCUT2D eigenvalue weighted by Crippen LogP contribution is 2.54. The van der Waals surface area contributed by atoms with E-state index in [9.17, 15) is 4.79 Å². The molecule has 2 aliphatic heterocycles. The van der Waals surface area contributed by atoms with Crippen LogP contribution in [-0.4, -0.2) is 42.4 Å². The van der Waals surface area contributed by atoms with Gasteiger partial charge in [0, 0.05) is 13.1 Å². The Morgan fingerprint density at radius 3 is 1.13 bits per heavy atom. The molecule has 0 unspecified atom stereocenters. The van der Waals surface area contributed by atoms with E-state index in [-0.39, 0.29) is 12.2 Å². The minimum absolute atomic E-state index is 0.382. The Hall–Kier alpha value is -3.73. The van der Waals surface area contributed by atoms with Crippen LogP contribution in [0, 0.1) is 0 Å². The molecule has 4 nitrogen and oxygen atoms in total. The molecule has 0 N–H and O–H groups in total. The van der Waals surface area contributed by atoms with Gasteiger partial charge in [0.05, 0.1) is 10.8 Å². The summed E-state index contributed by atoms with van der Waals surface area (Å²) in [6, 6.07) is 41.8. The van der Waals surface area contributed by atoms with E-state index in [0.717, 1.165) is 28.7 Å². The van der Waals surface area contributed by atoms with Gasteiger partial charge in [-0.2, -0.15) is 0 Å². The van der Waals surface area contributed by atoms with Gasteiger partial charge in [-0.25, -0.2) is 0 Å². The molecule has 0 radical (unpaired) electrons. The van der Waals surface area contributed by atoms with Gasteiger partial charge in [-0.1, -0.05) is 121 Å². The summed E-state index contributed by atoms with van der Waals surface area (Å²) in [4.78, 5) is 14.8. The molecule has 2 aliphatic rings. The molecule has 0 saturated carbocycles. The summed E-state index contributed by atoms with van der Waals surface area (Å²) in [6.07, 6.45) is 0.230. The van der Waals surface area contributed by atoms with Gasteiger partial charge < -0.3 is 14.4 Å². The van der Waals surface area contributed by atoms with Crippen molar-refractivity contribution in [2.75, 3.05) is 13.1 Å². The zero-order valence-electron chi connectivity index (χ0n) is 21.9. The molecule has 4 heteroatoms. The molecule has 0 bridgehead atoms. The van der Waals surface area contributed by atoms with Gasteiger partial charge in [0.25, 0.3) is 0 Å². The number of hydrogen-bond acceptors (Lipinski definition) is 3. The van der Waals surface area contributed by atoms with Crippen LogP contribution in [0.2, 0.25) is 0 Å². The molecule has 38 heavy (non-hydrogen) atoms. The first-order valence-electron chi connectivity index (χ1n) is 13.3. The summed E-state index contributed by atoms with van der Waals surface area (Å²) in [5.74, 6) is -0.817. The van der Waals surface area contributed by atoms with Crippen LogP contribution in [0.1, 0.15) is 36.1 Å². The predicted molar refractivity (Wildman–Crippen MR) is 149 cm³/mol. The van der Waals surface area contributed by atoms with Crippen LogP contribution in [0.3, 0.4) is 0 Å². The zero-order chi connectivity index (χ0) is 26.2. The van der Waals surface area contributed by atoms with E-state index in [2.05, 4.69) is 97.1 Å². The number of ether oxygens (including phenoxy) is 2. The van der Waals surface area contributed by atoms with Crippen LogP contribution in [0.25, 0.3) is 0 Å². The van der Waals surface area contributed by atoms with Gasteiger partial charge in [-0.05, 0) is 36.1 Å².